The molecule has 0 aromatic carbocycles. The van der Waals surface area contributed by atoms with Crippen LogP contribution >= 0.6 is 22.9 Å². The second-order valence-electron chi connectivity index (χ2n) is 4.25. The van der Waals surface area contributed by atoms with Crippen molar-refractivity contribution in [1.29, 1.82) is 0 Å². The summed E-state index contributed by atoms with van der Waals surface area (Å²) >= 11 is 7.24. The molecule has 1 heterocycles. The fourth-order valence-electron chi connectivity index (χ4n) is 2.82. The fraction of sp³-hybridized carbons (Fsp3) is 0.545. The Morgan fingerprint density at radius 2 is 2.07 bits per heavy atom. The van der Waals surface area contributed by atoms with E-state index in [-0.39, 0.29) is 0 Å². The van der Waals surface area contributed by atoms with Crippen molar-refractivity contribution in [3.05, 3.63) is 21.3 Å². The zero-order valence-corrected chi connectivity index (χ0v) is 9.27. The highest BCUT2D eigenvalue weighted by molar-refractivity contribution is 7.18. The van der Waals surface area contributed by atoms with Crippen LogP contribution < -0.4 is 0 Å². The summed E-state index contributed by atoms with van der Waals surface area (Å²) in [6.45, 7) is 0. The summed E-state index contributed by atoms with van der Waals surface area (Å²) in [5.74, 6) is 2.11. The van der Waals surface area contributed by atoms with Gasteiger partial charge in [-0.2, -0.15) is 0 Å². The number of carbonyl (C=O) groups excluding carboxylic acids is 1. The van der Waals surface area contributed by atoms with Crippen LogP contribution in [0.15, 0.2) is 12.1 Å². The minimum absolute atomic E-state index is 0.344. The lowest BCUT2D eigenvalue weighted by Crippen LogP contribution is -2.03. The molecule has 74 valence electrons. The van der Waals surface area contributed by atoms with Gasteiger partial charge in [0.2, 0.25) is 0 Å². The molecule has 2 aliphatic rings. The number of Topliss-reactive ketones (excluding diaryl/α,β-unsaturated/α-hetero) is 1. The summed E-state index contributed by atoms with van der Waals surface area (Å²) < 4.78 is 0.721. The summed E-state index contributed by atoms with van der Waals surface area (Å²) in [7, 11) is 0. The van der Waals surface area contributed by atoms with Gasteiger partial charge in [-0.15, -0.1) is 11.3 Å². The number of carbonyl (C=O) groups is 1. The first kappa shape index (κ1) is 8.93. The van der Waals surface area contributed by atoms with E-state index in [0.717, 1.165) is 9.21 Å². The Balaban J connectivity index is 1.78. The van der Waals surface area contributed by atoms with Gasteiger partial charge in [0.15, 0.2) is 5.78 Å². The Bertz CT molecular complexity index is 374. The van der Waals surface area contributed by atoms with Crippen molar-refractivity contribution in [3.63, 3.8) is 0 Å². The molecule has 0 N–H and O–H groups in total. The van der Waals surface area contributed by atoms with Crippen LogP contribution in [-0.4, -0.2) is 5.78 Å². The molecule has 2 aliphatic carbocycles. The van der Waals surface area contributed by atoms with E-state index in [9.17, 15) is 4.79 Å². The summed E-state index contributed by atoms with van der Waals surface area (Å²) in [5.41, 5.74) is 0. The molecule has 14 heavy (non-hydrogen) atoms. The maximum absolute atomic E-state index is 12.0. The average molecular weight is 227 g/mol. The SMILES string of the molecule is O=C(c1ccc(Cl)s1)C1C2CCCC21. The maximum atomic E-state index is 12.0. The van der Waals surface area contributed by atoms with Gasteiger partial charge in [-0.1, -0.05) is 18.0 Å². The minimum Gasteiger partial charge on any atom is -0.293 e. The number of rotatable bonds is 2. The predicted octanol–water partition coefficient (Wildman–Crippen LogP) is 3.63. The van der Waals surface area contributed by atoms with Crippen LogP contribution in [0.4, 0.5) is 0 Å². The third-order valence-corrected chi connectivity index (χ3v) is 4.77. The first-order chi connectivity index (χ1) is 6.77. The van der Waals surface area contributed by atoms with Gasteiger partial charge in [-0.05, 0) is 36.8 Å². The van der Waals surface area contributed by atoms with Gasteiger partial charge in [0, 0.05) is 5.92 Å². The first-order valence-corrected chi connectivity index (χ1v) is 6.26. The van der Waals surface area contributed by atoms with E-state index >= 15 is 0 Å². The molecule has 1 aromatic heterocycles. The third-order valence-electron chi connectivity index (χ3n) is 3.53. The minimum atomic E-state index is 0.344. The van der Waals surface area contributed by atoms with E-state index in [1.807, 2.05) is 12.1 Å². The monoisotopic (exact) mass is 226 g/mol. The molecule has 0 radical (unpaired) electrons. The Morgan fingerprint density at radius 3 is 2.64 bits per heavy atom. The van der Waals surface area contributed by atoms with Crippen LogP contribution in [-0.2, 0) is 0 Å². The van der Waals surface area contributed by atoms with Gasteiger partial charge in [-0.3, -0.25) is 4.79 Å². The number of hydrogen-bond donors (Lipinski definition) is 0. The van der Waals surface area contributed by atoms with Crippen molar-refractivity contribution >= 4 is 28.7 Å². The van der Waals surface area contributed by atoms with E-state index in [4.69, 9.17) is 11.6 Å². The van der Waals surface area contributed by atoms with Crippen LogP contribution in [0.5, 0.6) is 0 Å². The van der Waals surface area contributed by atoms with Crippen LogP contribution in [0.2, 0.25) is 4.34 Å². The highest BCUT2D eigenvalue weighted by Gasteiger charge is 2.56. The van der Waals surface area contributed by atoms with Gasteiger partial charge in [-0.25, -0.2) is 0 Å². The van der Waals surface area contributed by atoms with Crippen molar-refractivity contribution in [2.45, 2.75) is 19.3 Å². The molecule has 2 atom stereocenters. The highest BCUT2D eigenvalue weighted by atomic mass is 35.5. The number of thiophene rings is 1. The molecule has 3 heteroatoms. The fourth-order valence-corrected chi connectivity index (χ4v) is 3.85. The van der Waals surface area contributed by atoms with Crippen molar-refractivity contribution < 1.29 is 4.79 Å². The predicted molar refractivity (Wildman–Crippen MR) is 58.0 cm³/mol. The maximum Gasteiger partial charge on any atom is 0.176 e. The molecule has 2 unspecified atom stereocenters. The Labute approximate surface area is 92.1 Å². The zero-order valence-electron chi connectivity index (χ0n) is 7.70. The van der Waals surface area contributed by atoms with Crippen molar-refractivity contribution in [1.82, 2.24) is 0 Å². The topological polar surface area (TPSA) is 17.1 Å². The molecular formula is C11H11ClOS. The second kappa shape index (κ2) is 3.07. The van der Waals surface area contributed by atoms with E-state index in [0.29, 0.717) is 23.5 Å². The van der Waals surface area contributed by atoms with Gasteiger partial charge in [0.25, 0.3) is 0 Å². The Kier molecular flexibility index (Phi) is 1.96. The molecule has 0 aliphatic heterocycles. The van der Waals surface area contributed by atoms with Crippen LogP contribution in [0.3, 0.4) is 0 Å². The van der Waals surface area contributed by atoms with Crippen LogP contribution in [0.1, 0.15) is 28.9 Å². The summed E-state index contributed by atoms with van der Waals surface area (Å²) in [4.78, 5) is 12.8. The standard InChI is InChI=1S/C11H11ClOS/c12-9-5-4-8(14-9)11(13)10-6-2-1-3-7(6)10/h4-7,10H,1-3H2. The lowest BCUT2D eigenvalue weighted by molar-refractivity contribution is 0.0955. The largest absolute Gasteiger partial charge is 0.293 e. The summed E-state index contributed by atoms with van der Waals surface area (Å²) in [5, 5.41) is 0. The van der Waals surface area contributed by atoms with Gasteiger partial charge >= 0.3 is 0 Å². The molecule has 1 nitrogen and oxygen atoms in total. The second-order valence-corrected chi connectivity index (χ2v) is 5.97. The highest BCUT2D eigenvalue weighted by Crippen LogP contribution is 2.58. The molecule has 1 aromatic rings. The molecular weight excluding hydrogens is 216 g/mol. The lowest BCUT2D eigenvalue weighted by Gasteiger charge is -1.99. The third kappa shape index (κ3) is 1.24. The van der Waals surface area contributed by atoms with Gasteiger partial charge in [0.05, 0.1) is 9.21 Å². The Morgan fingerprint density at radius 1 is 1.36 bits per heavy atom. The van der Waals surface area contributed by atoms with Gasteiger partial charge in [0.1, 0.15) is 0 Å². The molecule has 0 spiro atoms. The van der Waals surface area contributed by atoms with E-state index in [2.05, 4.69) is 0 Å². The first-order valence-electron chi connectivity index (χ1n) is 5.07. The summed E-state index contributed by atoms with van der Waals surface area (Å²) in [6, 6.07) is 3.68. The molecule has 0 bridgehead atoms. The molecule has 2 saturated carbocycles. The molecule has 3 rings (SSSR count). The van der Waals surface area contributed by atoms with E-state index in [1.54, 1.807) is 0 Å². The normalized spacial score (nSPS) is 34.2. The van der Waals surface area contributed by atoms with Crippen molar-refractivity contribution in [2.75, 3.05) is 0 Å². The molecule has 0 saturated heterocycles. The van der Waals surface area contributed by atoms with Crippen molar-refractivity contribution in [3.8, 4) is 0 Å². The number of halogens is 1. The van der Waals surface area contributed by atoms with E-state index in [1.165, 1.54) is 30.6 Å². The van der Waals surface area contributed by atoms with Crippen molar-refractivity contribution in [2.24, 2.45) is 17.8 Å². The average Bonchev–Trinajstić information content (AvgIpc) is 2.56. The lowest BCUT2D eigenvalue weighted by atomic mass is 10.1. The number of ketones is 1. The number of hydrogen-bond acceptors (Lipinski definition) is 2. The van der Waals surface area contributed by atoms with Crippen LogP contribution in [0, 0.1) is 17.8 Å². The van der Waals surface area contributed by atoms with E-state index < -0.39 is 0 Å². The zero-order chi connectivity index (χ0) is 9.71. The summed E-state index contributed by atoms with van der Waals surface area (Å²) in [6.07, 6.45) is 3.85. The Hall–Kier alpha value is -0.340. The molecule has 0 amide bonds. The van der Waals surface area contributed by atoms with Crippen LogP contribution in [0.25, 0.3) is 0 Å². The quantitative estimate of drug-likeness (QED) is 0.704. The van der Waals surface area contributed by atoms with Gasteiger partial charge < -0.3 is 0 Å². The number of fused-ring (bicyclic) bond motifs is 1. The smallest absolute Gasteiger partial charge is 0.176 e. The molecule has 2 fully saturated rings.